The second-order valence-corrected chi connectivity index (χ2v) is 4.01. The van der Waals surface area contributed by atoms with Gasteiger partial charge in [0.2, 0.25) is 5.91 Å². The van der Waals surface area contributed by atoms with Crippen molar-refractivity contribution >= 4 is 11.7 Å². The molecular weight excluding hydrogens is 230 g/mol. The first kappa shape index (κ1) is 12.0. The monoisotopic (exact) mass is 243 g/mol. The molecule has 3 N–H and O–H groups in total. The first-order chi connectivity index (χ1) is 8.50. The molecule has 1 amide bonds. The highest BCUT2D eigenvalue weighted by atomic mass is 16.1. The van der Waals surface area contributed by atoms with Gasteiger partial charge in [-0.2, -0.15) is 0 Å². The molecule has 2 rings (SSSR count). The number of ketones is 1. The number of primary amides is 1. The number of amides is 1. The molecule has 0 radical (unpaired) electrons. The molecule has 0 aliphatic heterocycles. The number of benzene rings is 1. The molecule has 5 heteroatoms. The molecule has 0 bridgehead atoms. The summed E-state index contributed by atoms with van der Waals surface area (Å²) in [5.74, 6) is -0.140. The van der Waals surface area contributed by atoms with Gasteiger partial charge in [0.15, 0.2) is 5.78 Å². The molecule has 0 aliphatic carbocycles. The highest BCUT2D eigenvalue weighted by molar-refractivity contribution is 5.99. The van der Waals surface area contributed by atoms with Gasteiger partial charge in [0.05, 0.1) is 11.3 Å². The number of aryl methyl sites for hydroxylation is 1. The lowest BCUT2D eigenvalue weighted by Gasteiger charge is -2.02. The van der Waals surface area contributed by atoms with E-state index >= 15 is 0 Å². The second-order valence-electron chi connectivity index (χ2n) is 4.01. The number of hydrogen-bond donors (Lipinski definition) is 2. The fourth-order valence-corrected chi connectivity index (χ4v) is 1.84. The topological polar surface area (TPSA) is 88.8 Å². The fraction of sp³-hybridized carbons (Fsp3) is 0.154. The summed E-state index contributed by atoms with van der Waals surface area (Å²) in [6, 6.07) is 6.88. The Hall–Kier alpha value is -2.43. The van der Waals surface area contributed by atoms with Gasteiger partial charge in [-0.25, -0.2) is 4.98 Å². The first-order valence-corrected chi connectivity index (χ1v) is 5.47. The fourth-order valence-electron chi connectivity index (χ4n) is 1.84. The summed E-state index contributed by atoms with van der Waals surface area (Å²) in [6.07, 6.45) is 0. The van der Waals surface area contributed by atoms with Gasteiger partial charge in [-0.3, -0.25) is 9.59 Å². The van der Waals surface area contributed by atoms with Crippen molar-refractivity contribution in [3.63, 3.8) is 0 Å². The summed E-state index contributed by atoms with van der Waals surface area (Å²) >= 11 is 0. The maximum absolute atomic E-state index is 11.4. The molecule has 92 valence electrons. The average Bonchev–Trinajstić information content (AvgIpc) is 2.71. The van der Waals surface area contributed by atoms with E-state index in [0.717, 1.165) is 0 Å². The van der Waals surface area contributed by atoms with E-state index in [1.807, 2.05) is 0 Å². The van der Waals surface area contributed by atoms with Crippen molar-refractivity contribution in [2.24, 2.45) is 5.73 Å². The van der Waals surface area contributed by atoms with Gasteiger partial charge < -0.3 is 10.7 Å². The Labute approximate surface area is 104 Å². The van der Waals surface area contributed by atoms with E-state index in [1.165, 1.54) is 6.92 Å². The van der Waals surface area contributed by atoms with Crippen molar-refractivity contribution in [2.75, 3.05) is 0 Å². The Morgan fingerprint density at radius 2 is 1.94 bits per heavy atom. The number of aromatic nitrogens is 2. The molecule has 1 heterocycles. The first-order valence-electron chi connectivity index (χ1n) is 5.47. The number of hydrogen-bond acceptors (Lipinski definition) is 3. The quantitative estimate of drug-likeness (QED) is 0.804. The number of nitrogens with two attached hydrogens (primary N) is 1. The van der Waals surface area contributed by atoms with Crippen LogP contribution in [0, 0.1) is 6.92 Å². The van der Waals surface area contributed by atoms with Gasteiger partial charge in [-0.15, -0.1) is 0 Å². The van der Waals surface area contributed by atoms with Gasteiger partial charge >= 0.3 is 0 Å². The molecule has 0 spiro atoms. The average molecular weight is 243 g/mol. The lowest BCUT2D eigenvalue weighted by molar-refractivity contribution is 0.0996. The SMILES string of the molecule is CC(=O)c1[nH]c(-c2ccccc2C(N)=O)nc1C. The number of carbonyl (C=O) groups excluding carboxylic acids is 2. The zero-order valence-corrected chi connectivity index (χ0v) is 10.2. The highest BCUT2D eigenvalue weighted by Crippen LogP contribution is 2.22. The van der Waals surface area contributed by atoms with Crippen LogP contribution in [0.4, 0.5) is 0 Å². The summed E-state index contributed by atoms with van der Waals surface area (Å²) in [5, 5.41) is 0. The number of nitrogens with one attached hydrogen (secondary N) is 1. The number of imidazole rings is 1. The van der Waals surface area contributed by atoms with E-state index in [-0.39, 0.29) is 5.78 Å². The minimum absolute atomic E-state index is 0.0946. The van der Waals surface area contributed by atoms with Crippen LogP contribution in [0.3, 0.4) is 0 Å². The van der Waals surface area contributed by atoms with Gasteiger partial charge in [0.1, 0.15) is 11.5 Å². The molecule has 1 aromatic heterocycles. The van der Waals surface area contributed by atoms with Crippen LogP contribution in [0.2, 0.25) is 0 Å². The molecule has 2 aromatic rings. The Morgan fingerprint density at radius 3 is 2.50 bits per heavy atom. The van der Waals surface area contributed by atoms with Crippen molar-refractivity contribution in [3.05, 3.63) is 41.2 Å². The van der Waals surface area contributed by atoms with Crippen LogP contribution in [0.15, 0.2) is 24.3 Å². The Balaban J connectivity index is 2.59. The maximum atomic E-state index is 11.4. The van der Waals surface area contributed by atoms with Crippen LogP contribution in [0.25, 0.3) is 11.4 Å². The molecule has 5 nitrogen and oxygen atoms in total. The summed E-state index contributed by atoms with van der Waals surface area (Å²) in [4.78, 5) is 29.9. The molecule has 0 aliphatic rings. The molecular formula is C13H13N3O2. The van der Waals surface area contributed by atoms with E-state index in [0.29, 0.717) is 28.3 Å². The number of nitrogens with zero attached hydrogens (tertiary/aromatic N) is 1. The summed E-state index contributed by atoms with van der Waals surface area (Å²) in [6.45, 7) is 3.20. The lowest BCUT2D eigenvalue weighted by atomic mass is 10.1. The highest BCUT2D eigenvalue weighted by Gasteiger charge is 2.15. The van der Waals surface area contributed by atoms with E-state index in [1.54, 1.807) is 31.2 Å². The minimum atomic E-state index is -0.524. The van der Waals surface area contributed by atoms with Crippen molar-refractivity contribution in [1.82, 2.24) is 9.97 Å². The standard InChI is InChI=1S/C13H13N3O2/c1-7-11(8(2)17)16-13(15-7)10-6-4-3-5-9(10)12(14)18/h3-6H,1-2H3,(H2,14,18)(H,15,16). The maximum Gasteiger partial charge on any atom is 0.249 e. The number of rotatable bonds is 3. The Kier molecular flexibility index (Phi) is 2.97. The molecule has 0 saturated carbocycles. The summed E-state index contributed by atoms with van der Waals surface area (Å²) < 4.78 is 0. The smallest absolute Gasteiger partial charge is 0.249 e. The molecule has 0 saturated heterocycles. The van der Waals surface area contributed by atoms with Crippen molar-refractivity contribution < 1.29 is 9.59 Å². The zero-order chi connectivity index (χ0) is 13.3. The van der Waals surface area contributed by atoms with Crippen LogP contribution < -0.4 is 5.73 Å². The zero-order valence-electron chi connectivity index (χ0n) is 10.2. The van der Waals surface area contributed by atoms with E-state index in [4.69, 9.17) is 5.73 Å². The predicted molar refractivity (Wildman–Crippen MR) is 67.3 cm³/mol. The summed E-state index contributed by atoms with van der Waals surface area (Å²) in [5.41, 5.74) is 7.34. The third kappa shape index (κ3) is 2.02. The third-order valence-electron chi connectivity index (χ3n) is 2.68. The van der Waals surface area contributed by atoms with Crippen LogP contribution >= 0.6 is 0 Å². The van der Waals surface area contributed by atoms with Crippen molar-refractivity contribution in [1.29, 1.82) is 0 Å². The van der Waals surface area contributed by atoms with Crippen molar-refractivity contribution in [3.8, 4) is 11.4 Å². The lowest BCUT2D eigenvalue weighted by Crippen LogP contribution is -2.12. The van der Waals surface area contributed by atoms with E-state index < -0.39 is 5.91 Å². The van der Waals surface area contributed by atoms with Crippen LogP contribution in [-0.2, 0) is 0 Å². The van der Waals surface area contributed by atoms with Gasteiger partial charge in [-0.05, 0) is 13.0 Å². The second kappa shape index (κ2) is 4.44. The predicted octanol–water partition coefficient (Wildman–Crippen LogP) is 1.69. The van der Waals surface area contributed by atoms with Gasteiger partial charge in [-0.1, -0.05) is 18.2 Å². The van der Waals surface area contributed by atoms with Crippen LogP contribution in [-0.4, -0.2) is 21.7 Å². The van der Waals surface area contributed by atoms with Crippen LogP contribution in [0.1, 0.15) is 33.5 Å². The van der Waals surface area contributed by atoms with Gasteiger partial charge in [0, 0.05) is 12.5 Å². The Bertz CT molecular complexity index is 629. The number of carbonyl (C=O) groups is 2. The summed E-state index contributed by atoms with van der Waals surface area (Å²) in [7, 11) is 0. The molecule has 0 atom stereocenters. The number of H-pyrrole nitrogens is 1. The van der Waals surface area contributed by atoms with E-state index in [2.05, 4.69) is 9.97 Å². The minimum Gasteiger partial charge on any atom is -0.366 e. The normalized spacial score (nSPS) is 10.3. The Morgan fingerprint density at radius 1 is 1.28 bits per heavy atom. The largest absolute Gasteiger partial charge is 0.366 e. The van der Waals surface area contributed by atoms with Crippen molar-refractivity contribution in [2.45, 2.75) is 13.8 Å². The third-order valence-corrected chi connectivity index (χ3v) is 2.68. The molecule has 0 unspecified atom stereocenters. The number of aromatic amines is 1. The molecule has 18 heavy (non-hydrogen) atoms. The van der Waals surface area contributed by atoms with Crippen LogP contribution in [0.5, 0.6) is 0 Å². The van der Waals surface area contributed by atoms with Gasteiger partial charge in [0.25, 0.3) is 0 Å². The molecule has 1 aromatic carbocycles. The van der Waals surface area contributed by atoms with E-state index in [9.17, 15) is 9.59 Å². The number of Topliss-reactive ketones (excluding diaryl/α,β-unsaturated/α-hetero) is 1. The molecule has 0 fully saturated rings.